The zero-order valence-electron chi connectivity index (χ0n) is 14.2. The van der Waals surface area contributed by atoms with Crippen LogP contribution in [0, 0.1) is 11.8 Å². The van der Waals surface area contributed by atoms with Crippen LogP contribution in [0.3, 0.4) is 0 Å². The SMILES string of the molecule is FC(F)(F)C1(c2cc(Cl)c(Cl)c(Cl)c2)ON=C(c2ccccc2)C1C1CNC1. The summed E-state index contributed by atoms with van der Waals surface area (Å²) < 4.78 is 43.8. The van der Waals surface area contributed by atoms with E-state index in [0.717, 1.165) is 12.1 Å². The Morgan fingerprint density at radius 1 is 1.04 bits per heavy atom. The van der Waals surface area contributed by atoms with E-state index in [1.165, 1.54) is 0 Å². The topological polar surface area (TPSA) is 33.6 Å². The summed E-state index contributed by atoms with van der Waals surface area (Å²) in [6, 6.07) is 11.0. The number of hydrogen-bond donors (Lipinski definition) is 1. The van der Waals surface area contributed by atoms with Gasteiger partial charge in [-0.05, 0) is 36.7 Å². The smallest absolute Gasteiger partial charge is 0.374 e. The largest absolute Gasteiger partial charge is 0.436 e. The van der Waals surface area contributed by atoms with Crippen LogP contribution in [0.15, 0.2) is 47.6 Å². The minimum Gasteiger partial charge on any atom is -0.374 e. The van der Waals surface area contributed by atoms with Crippen molar-refractivity contribution in [3.63, 3.8) is 0 Å². The van der Waals surface area contributed by atoms with Gasteiger partial charge >= 0.3 is 6.18 Å². The summed E-state index contributed by atoms with van der Waals surface area (Å²) in [7, 11) is 0. The van der Waals surface area contributed by atoms with Crippen LogP contribution in [0.4, 0.5) is 13.2 Å². The number of nitrogens with zero attached hydrogens (tertiary/aromatic N) is 1. The summed E-state index contributed by atoms with van der Waals surface area (Å²) in [5.41, 5.74) is -2.09. The lowest BCUT2D eigenvalue weighted by molar-refractivity contribution is -0.294. The number of rotatable bonds is 3. The van der Waals surface area contributed by atoms with E-state index < -0.39 is 17.7 Å². The third-order valence-electron chi connectivity index (χ3n) is 5.21. The van der Waals surface area contributed by atoms with E-state index >= 15 is 0 Å². The lowest BCUT2D eigenvalue weighted by atomic mass is 9.68. The summed E-state index contributed by atoms with van der Waals surface area (Å²) in [6.07, 6.45) is -4.77. The molecule has 0 radical (unpaired) electrons. The highest BCUT2D eigenvalue weighted by molar-refractivity contribution is 6.48. The van der Waals surface area contributed by atoms with Crippen molar-refractivity contribution in [3.8, 4) is 0 Å². The molecule has 2 aromatic carbocycles. The van der Waals surface area contributed by atoms with E-state index in [4.69, 9.17) is 39.6 Å². The fourth-order valence-electron chi connectivity index (χ4n) is 3.76. The molecule has 2 aliphatic heterocycles. The molecule has 0 bridgehead atoms. The Kier molecular flexibility index (Phi) is 5.02. The van der Waals surface area contributed by atoms with Crippen molar-refractivity contribution in [2.24, 2.45) is 17.0 Å². The predicted molar refractivity (Wildman–Crippen MR) is 103 cm³/mol. The molecule has 1 fully saturated rings. The van der Waals surface area contributed by atoms with Gasteiger partial charge in [0.2, 0.25) is 0 Å². The molecule has 2 heterocycles. The van der Waals surface area contributed by atoms with Crippen molar-refractivity contribution in [3.05, 3.63) is 68.7 Å². The van der Waals surface area contributed by atoms with Gasteiger partial charge in [0.15, 0.2) is 0 Å². The van der Waals surface area contributed by atoms with Crippen LogP contribution in [0.25, 0.3) is 0 Å². The van der Waals surface area contributed by atoms with E-state index in [0.29, 0.717) is 18.7 Å². The molecule has 148 valence electrons. The van der Waals surface area contributed by atoms with E-state index in [2.05, 4.69) is 10.5 Å². The van der Waals surface area contributed by atoms with Gasteiger partial charge in [0.1, 0.15) is 0 Å². The van der Waals surface area contributed by atoms with Gasteiger partial charge in [-0.2, -0.15) is 13.2 Å². The Bertz CT molecular complexity index is 909. The van der Waals surface area contributed by atoms with E-state index in [1.807, 2.05) is 0 Å². The Morgan fingerprint density at radius 3 is 2.14 bits per heavy atom. The first-order chi connectivity index (χ1) is 13.3. The molecule has 4 rings (SSSR count). The quantitative estimate of drug-likeness (QED) is 0.612. The lowest BCUT2D eigenvalue weighted by Gasteiger charge is -2.42. The highest BCUT2D eigenvalue weighted by Gasteiger charge is 2.69. The monoisotopic (exact) mass is 448 g/mol. The van der Waals surface area contributed by atoms with Gasteiger partial charge in [-0.25, -0.2) is 0 Å². The molecule has 3 nitrogen and oxygen atoms in total. The first-order valence-electron chi connectivity index (χ1n) is 8.49. The normalized spacial score (nSPS) is 25.2. The van der Waals surface area contributed by atoms with Gasteiger partial charge in [-0.1, -0.05) is 70.3 Å². The summed E-state index contributed by atoms with van der Waals surface area (Å²) in [5, 5.41) is 6.80. The van der Waals surface area contributed by atoms with Crippen LogP contribution in [0.1, 0.15) is 11.1 Å². The van der Waals surface area contributed by atoms with Crippen molar-refractivity contribution < 1.29 is 18.0 Å². The van der Waals surface area contributed by atoms with Crippen molar-refractivity contribution in [1.82, 2.24) is 5.32 Å². The highest BCUT2D eigenvalue weighted by atomic mass is 35.5. The summed E-state index contributed by atoms with van der Waals surface area (Å²) in [6.45, 7) is 0.847. The Hall–Kier alpha value is -1.47. The Balaban J connectivity index is 1.92. The molecule has 0 spiro atoms. The third-order valence-corrected chi connectivity index (χ3v) is 6.41. The van der Waals surface area contributed by atoms with Gasteiger partial charge in [0, 0.05) is 5.56 Å². The first-order valence-corrected chi connectivity index (χ1v) is 9.63. The predicted octanol–water partition coefficient (Wildman–Crippen LogP) is 5.67. The van der Waals surface area contributed by atoms with E-state index in [-0.39, 0.29) is 32.3 Å². The highest BCUT2D eigenvalue weighted by Crippen LogP contribution is 2.56. The number of oxime groups is 1. The molecular formula is C19H14Cl3F3N2O. The molecule has 0 aliphatic carbocycles. The maximum absolute atomic E-state index is 14.6. The Labute approximate surface area is 174 Å². The van der Waals surface area contributed by atoms with Crippen LogP contribution in [-0.4, -0.2) is 25.0 Å². The fourth-order valence-corrected chi connectivity index (χ4v) is 4.36. The molecule has 0 aromatic heterocycles. The van der Waals surface area contributed by atoms with Gasteiger partial charge in [0.05, 0.1) is 26.7 Å². The van der Waals surface area contributed by atoms with Crippen molar-refractivity contribution >= 4 is 40.5 Å². The number of halogens is 6. The molecule has 2 aromatic rings. The van der Waals surface area contributed by atoms with Crippen molar-refractivity contribution in [1.29, 1.82) is 0 Å². The van der Waals surface area contributed by atoms with Gasteiger partial charge in [0.25, 0.3) is 5.60 Å². The second-order valence-electron chi connectivity index (χ2n) is 6.82. The molecule has 0 saturated carbocycles. The third kappa shape index (κ3) is 2.98. The van der Waals surface area contributed by atoms with Crippen LogP contribution >= 0.6 is 34.8 Å². The van der Waals surface area contributed by atoms with Crippen LogP contribution in [-0.2, 0) is 10.4 Å². The minimum absolute atomic E-state index is 0.00605. The molecule has 2 aliphatic rings. The molecular weight excluding hydrogens is 436 g/mol. The molecule has 2 unspecified atom stereocenters. The molecule has 1 saturated heterocycles. The zero-order valence-corrected chi connectivity index (χ0v) is 16.5. The Morgan fingerprint density at radius 2 is 1.64 bits per heavy atom. The van der Waals surface area contributed by atoms with E-state index in [1.54, 1.807) is 30.3 Å². The fraction of sp³-hybridized carbons (Fsp3) is 0.316. The van der Waals surface area contributed by atoms with Gasteiger partial charge < -0.3 is 10.2 Å². The van der Waals surface area contributed by atoms with Crippen molar-refractivity contribution in [2.45, 2.75) is 11.8 Å². The van der Waals surface area contributed by atoms with Gasteiger partial charge in [-0.15, -0.1) is 0 Å². The van der Waals surface area contributed by atoms with Gasteiger partial charge in [-0.3, -0.25) is 0 Å². The second-order valence-corrected chi connectivity index (χ2v) is 8.01. The van der Waals surface area contributed by atoms with E-state index in [9.17, 15) is 13.2 Å². The summed E-state index contributed by atoms with van der Waals surface area (Å²) >= 11 is 18.1. The summed E-state index contributed by atoms with van der Waals surface area (Å²) in [5.74, 6) is -1.39. The number of benzene rings is 2. The molecule has 2 atom stereocenters. The van der Waals surface area contributed by atoms with Crippen molar-refractivity contribution in [2.75, 3.05) is 13.1 Å². The number of alkyl halides is 3. The minimum atomic E-state index is -4.77. The maximum Gasteiger partial charge on any atom is 0.436 e. The molecule has 1 N–H and O–H groups in total. The first kappa shape index (κ1) is 19.8. The van der Waals surface area contributed by atoms with Crippen LogP contribution in [0.5, 0.6) is 0 Å². The van der Waals surface area contributed by atoms with Crippen LogP contribution < -0.4 is 5.32 Å². The summed E-state index contributed by atoms with van der Waals surface area (Å²) in [4.78, 5) is 5.25. The number of nitrogens with one attached hydrogen (secondary N) is 1. The average Bonchev–Trinajstić information content (AvgIpc) is 2.99. The van der Waals surface area contributed by atoms with Crippen LogP contribution in [0.2, 0.25) is 15.1 Å². The standard InChI is InChI=1S/C19H14Cl3F3N2O/c20-13-6-12(7-14(21)16(13)22)18(19(23,24)25)15(11-8-26-9-11)17(27-28-18)10-4-2-1-3-5-10/h1-7,11,15,26H,8-9H2. The molecule has 9 heteroatoms. The lowest BCUT2D eigenvalue weighted by Crippen LogP contribution is -2.58. The maximum atomic E-state index is 14.6. The zero-order chi connectivity index (χ0) is 20.1. The molecule has 0 amide bonds. The number of hydrogen-bond acceptors (Lipinski definition) is 3. The second kappa shape index (κ2) is 7.10. The molecule has 28 heavy (non-hydrogen) atoms. The average molecular weight is 450 g/mol.